The van der Waals surface area contributed by atoms with Crippen LogP contribution in [0.2, 0.25) is 0 Å². The van der Waals surface area contributed by atoms with E-state index in [2.05, 4.69) is 45.5 Å². The highest BCUT2D eigenvalue weighted by Crippen LogP contribution is 2.25. The summed E-state index contributed by atoms with van der Waals surface area (Å²) in [6.07, 6.45) is 8.86. The maximum Gasteiger partial charge on any atom is 0.306 e. The Hall–Kier alpha value is -2.87. The van der Waals surface area contributed by atoms with E-state index in [9.17, 15) is 14.4 Å². The molecule has 1 fully saturated rings. The van der Waals surface area contributed by atoms with Crippen LogP contribution in [0.3, 0.4) is 0 Å². The third-order valence-corrected chi connectivity index (χ3v) is 8.06. The SMILES string of the molecule is CC(C)C[C@H](CC(=O)OC1CCN(C)CC1)C(=O)N[C@H]1Cc2cn(c3ccccc23)CCCCCCNC1=O. The Morgan fingerprint density at radius 2 is 1.82 bits per heavy atom. The molecular formula is C31H46N4O4. The zero-order chi connectivity index (χ0) is 27.8. The lowest BCUT2D eigenvalue weighted by atomic mass is 9.92. The number of fused-ring (bicyclic) bond motifs is 5. The molecule has 2 aromatic rings. The number of ether oxygens (including phenoxy) is 1. The number of aromatic nitrogens is 1. The fraction of sp³-hybridized carbons (Fsp3) is 0.645. The molecule has 3 heterocycles. The van der Waals surface area contributed by atoms with E-state index in [1.165, 1.54) is 0 Å². The second kappa shape index (κ2) is 14.0. The summed E-state index contributed by atoms with van der Waals surface area (Å²) in [7, 11) is 2.07. The molecule has 4 rings (SSSR count). The van der Waals surface area contributed by atoms with Gasteiger partial charge in [-0.3, -0.25) is 14.4 Å². The molecule has 1 aromatic carbocycles. The van der Waals surface area contributed by atoms with Crippen molar-refractivity contribution in [3.05, 3.63) is 36.0 Å². The van der Waals surface area contributed by atoms with Gasteiger partial charge in [0.1, 0.15) is 12.1 Å². The number of hydrogen-bond donors (Lipinski definition) is 2. The third-order valence-electron chi connectivity index (χ3n) is 8.06. The van der Waals surface area contributed by atoms with Crippen LogP contribution in [0.1, 0.15) is 70.8 Å². The minimum atomic E-state index is -0.711. The number of nitrogens with one attached hydrogen (secondary N) is 2. The van der Waals surface area contributed by atoms with Gasteiger partial charge in [0.15, 0.2) is 0 Å². The standard InChI is InChI=1S/C31H46N4O4/c1-22(2)18-23(20-29(36)39-25-12-16-34(3)17-13-25)30(37)33-27-19-24-21-35(28-11-7-6-10-26(24)28)15-9-5-4-8-14-32-31(27)38/h6-7,10-11,21-23,25,27H,4-5,8-9,12-20H2,1-3H3,(H,32,38)(H,33,37)/t23-,27+/m1/s1. The van der Waals surface area contributed by atoms with E-state index in [1.807, 2.05) is 26.0 Å². The second-order valence-electron chi connectivity index (χ2n) is 11.9. The van der Waals surface area contributed by atoms with E-state index in [1.54, 1.807) is 0 Å². The summed E-state index contributed by atoms with van der Waals surface area (Å²) in [5.41, 5.74) is 2.21. The largest absolute Gasteiger partial charge is 0.462 e. The number of amides is 2. The van der Waals surface area contributed by atoms with Crippen LogP contribution in [0.4, 0.5) is 0 Å². The Labute approximate surface area is 232 Å². The van der Waals surface area contributed by atoms with Gasteiger partial charge < -0.3 is 24.8 Å². The first-order chi connectivity index (χ1) is 18.8. The molecule has 2 N–H and O–H groups in total. The van der Waals surface area contributed by atoms with E-state index in [0.29, 0.717) is 19.4 Å². The minimum Gasteiger partial charge on any atom is -0.462 e. The van der Waals surface area contributed by atoms with Crippen LogP contribution in [0, 0.1) is 11.8 Å². The topological polar surface area (TPSA) is 92.7 Å². The highest BCUT2D eigenvalue weighted by molar-refractivity contribution is 5.91. The number of carbonyl (C=O) groups excluding carboxylic acids is 3. The zero-order valence-electron chi connectivity index (χ0n) is 23.9. The van der Waals surface area contributed by atoms with Gasteiger partial charge in [0.05, 0.1) is 6.42 Å². The number of benzene rings is 1. The Bertz CT molecular complexity index is 1120. The van der Waals surface area contributed by atoms with Crippen molar-refractivity contribution < 1.29 is 19.1 Å². The van der Waals surface area contributed by atoms with Crippen molar-refractivity contribution in [3.8, 4) is 0 Å². The van der Waals surface area contributed by atoms with Crippen LogP contribution >= 0.6 is 0 Å². The molecule has 39 heavy (non-hydrogen) atoms. The van der Waals surface area contributed by atoms with Crippen molar-refractivity contribution in [1.29, 1.82) is 0 Å². The van der Waals surface area contributed by atoms with Crippen molar-refractivity contribution in [2.24, 2.45) is 11.8 Å². The molecule has 0 radical (unpaired) electrons. The Morgan fingerprint density at radius 1 is 1.08 bits per heavy atom. The van der Waals surface area contributed by atoms with E-state index in [-0.39, 0.29) is 36.2 Å². The fourth-order valence-electron chi connectivity index (χ4n) is 5.87. The summed E-state index contributed by atoms with van der Waals surface area (Å²) >= 11 is 0. The van der Waals surface area contributed by atoms with Gasteiger partial charge in [-0.05, 0) is 56.7 Å². The molecule has 0 aliphatic carbocycles. The van der Waals surface area contributed by atoms with Crippen LogP contribution in [0.15, 0.2) is 30.5 Å². The number of hydrogen-bond acceptors (Lipinski definition) is 5. The first-order valence-electron chi connectivity index (χ1n) is 14.8. The summed E-state index contributed by atoms with van der Waals surface area (Å²) in [5, 5.41) is 7.21. The molecule has 2 bridgehead atoms. The summed E-state index contributed by atoms with van der Waals surface area (Å²) in [6, 6.07) is 7.55. The average Bonchev–Trinajstić information content (AvgIpc) is 3.25. The van der Waals surface area contributed by atoms with Gasteiger partial charge >= 0.3 is 5.97 Å². The van der Waals surface area contributed by atoms with Crippen LogP contribution in [-0.2, 0) is 32.1 Å². The summed E-state index contributed by atoms with van der Waals surface area (Å²) < 4.78 is 8.03. The molecule has 0 spiro atoms. The Balaban J connectivity index is 1.49. The molecule has 214 valence electrons. The highest BCUT2D eigenvalue weighted by atomic mass is 16.5. The van der Waals surface area contributed by atoms with Crippen molar-refractivity contribution in [3.63, 3.8) is 0 Å². The lowest BCUT2D eigenvalue weighted by molar-refractivity contribution is -0.154. The number of para-hydroxylation sites is 1. The highest BCUT2D eigenvalue weighted by Gasteiger charge is 2.30. The van der Waals surface area contributed by atoms with Crippen molar-refractivity contribution >= 4 is 28.7 Å². The normalized spacial score (nSPS) is 20.9. The molecule has 8 heteroatoms. The van der Waals surface area contributed by atoms with E-state index >= 15 is 0 Å². The van der Waals surface area contributed by atoms with Gasteiger partial charge in [0.25, 0.3) is 0 Å². The third kappa shape index (κ3) is 8.31. The van der Waals surface area contributed by atoms with Crippen LogP contribution in [0.25, 0.3) is 10.9 Å². The van der Waals surface area contributed by atoms with E-state index < -0.39 is 12.0 Å². The zero-order valence-corrected chi connectivity index (χ0v) is 23.9. The maximum atomic E-state index is 13.6. The molecule has 2 aliphatic heterocycles. The molecular weight excluding hydrogens is 492 g/mol. The van der Waals surface area contributed by atoms with Crippen LogP contribution in [-0.4, -0.2) is 66.1 Å². The number of rotatable bonds is 7. The average molecular weight is 539 g/mol. The van der Waals surface area contributed by atoms with Gasteiger partial charge in [0.2, 0.25) is 11.8 Å². The number of esters is 1. The van der Waals surface area contributed by atoms with Gasteiger partial charge in [0, 0.05) is 55.6 Å². The predicted molar refractivity (Wildman–Crippen MR) is 153 cm³/mol. The maximum absolute atomic E-state index is 13.6. The lowest BCUT2D eigenvalue weighted by Gasteiger charge is -2.29. The summed E-state index contributed by atoms with van der Waals surface area (Å²) in [6.45, 7) is 7.44. The molecule has 1 saturated heterocycles. The Kier molecular flexibility index (Phi) is 10.4. The van der Waals surface area contributed by atoms with E-state index in [0.717, 1.165) is 74.6 Å². The Morgan fingerprint density at radius 3 is 2.59 bits per heavy atom. The first kappa shape index (κ1) is 29.1. The number of aryl methyl sites for hydroxylation is 1. The predicted octanol–water partition coefficient (Wildman–Crippen LogP) is 4.05. The minimum absolute atomic E-state index is 0.0317. The number of nitrogens with zero attached hydrogens (tertiary/aromatic N) is 2. The number of carbonyl (C=O) groups is 3. The van der Waals surface area contributed by atoms with Gasteiger partial charge in [-0.25, -0.2) is 0 Å². The molecule has 2 aliphatic rings. The van der Waals surface area contributed by atoms with E-state index in [4.69, 9.17) is 4.74 Å². The second-order valence-corrected chi connectivity index (χ2v) is 11.9. The van der Waals surface area contributed by atoms with Gasteiger partial charge in [-0.15, -0.1) is 0 Å². The summed E-state index contributed by atoms with van der Waals surface area (Å²) in [4.78, 5) is 42.0. The number of likely N-dealkylation sites (tertiary alicyclic amines) is 1. The molecule has 8 nitrogen and oxygen atoms in total. The number of piperidine rings is 1. The molecule has 2 atom stereocenters. The smallest absolute Gasteiger partial charge is 0.306 e. The quantitative estimate of drug-likeness (QED) is 0.519. The van der Waals surface area contributed by atoms with Crippen LogP contribution < -0.4 is 10.6 Å². The lowest BCUT2D eigenvalue weighted by Crippen LogP contribution is -2.50. The first-order valence-corrected chi connectivity index (χ1v) is 14.8. The van der Waals surface area contributed by atoms with Crippen molar-refractivity contribution in [2.45, 2.75) is 90.3 Å². The molecule has 1 aromatic heterocycles. The van der Waals surface area contributed by atoms with Crippen molar-refractivity contribution in [2.75, 3.05) is 26.7 Å². The molecule has 0 unspecified atom stereocenters. The van der Waals surface area contributed by atoms with Gasteiger partial charge in [-0.1, -0.05) is 44.9 Å². The molecule has 2 amide bonds. The van der Waals surface area contributed by atoms with Crippen LogP contribution in [0.5, 0.6) is 0 Å². The monoisotopic (exact) mass is 538 g/mol. The summed E-state index contributed by atoms with van der Waals surface area (Å²) in [5.74, 6) is -1.06. The molecule has 0 saturated carbocycles. The van der Waals surface area contributed by atoms with Gasteiger partial charge in [-0.2, -0.15) is 0 Å². The fourth-order valence-corrected chi connectivity index (χ4v) is 5.87. The van der Waals surface area contributed by atoms with Crippen molar-refractivity contribution in [1.82, 2.24) is 20.1 Å².